The van der Waals surface area contributed by atoms with E-state index in [0.717, 1.165) is 24.6 Å². The Hall–Kier alpha value is -2.46. The number of rotatable bonds is 5. The number of benzene rings is 2. The molecule has 0 bridgehead atoms. The van der Waals surface area contributed by atoms with Crippen LogP contribution in [0.1, 0.15) is 37.3 Å². The van der Waals surface area contributed by atoms with Crippen molar-refractivity contribution in [3.8, 4) is 11.4 Å². The van der Waals surface area contributed by atoms with Crippen molar-refractivity contribution in [1.29, 1.82) is 0 Å². The van der Waals surface area contributed by atoms with E-state index in [9.17, 15) is 0 Å². The lowest BCUT2D eigenvalue weighted by atomic mass is 9.89. The molecule has 0 spiro atoms. The van der Waals surface area contributed by atoms with Gasteiger partial charge in [-0.05, 0) is 50.8 Å². The van der Waals surface area contributed by atoms with Gasteiger partial charge < -0.3 is 4.52 Å². The van der Waals surface area contributed by atoms with E-state index in [1.165, 1.54) is 24.8 Å². The topological polar surface area (TPSA) is 42.2 Å². The Balaban J connectivity index is 1.35. The average Bonchev–Trinajstić information content (AvgIpc) is 3.20. The van der Waals surface area contributed by atoms with Crippen molar-refractivity contribution >= 4 is 0 Å². The molecular formula is C22H25N3O. The summed E-state index contributed by atoms with van der Waals surface area (Å²) < 4.78 is 5.55. The Bertz CT molecular complexity index is 808. The molecule has 26 heavy (non-hydrogen) atoms. The molecule has 2 aromatic carbocycles. The first kappa shape index (κ1) is 17.0. The molecule has 0 saturated carbocycles. The smallest absolute Gasteiger partial charge is 0.244 e. The van der Waals surface area contributed by atoms with Crippen molar-refractivity contribution in [2.45, 2.75) is 32.2 Å². The van der Waals surface area contributed by atoms with Crippen LogP contribution in [-0.2, 0) is 6.42 Å². The van der Waals surface area contributed by atoms with E-state index >= 15 is 0 Å². The molecule has 134 valence electrons. The summed E-state index contributed by atoms with van der Waals surface area (Å²) in [5.74, 6) is 2.15. The third-order valence-corrected chi connectivity index (χ3v) is 5.40. The van der Waals surface area contributed by atoms with Gasteiger partial charge >= 0.3 is 0 Å². The van der Waals surface area contributed by atoms with Gasteiger partial charge in [-0.3, -0.25) is 4.90 Å². The van der Waals surface area contributed by atoms with Crippen LogP contribution in [0.3, 0.4) is 0 Å². The van der Waals surface area contributed by atoms with Gasteiger partial charge in [-0.1, -0.05) is 65.8 Å². The highest BCUT2D eigenvalue weighted by Gasteiger charge is 2.27. The third-order valence-electron chi connectivity index (χ3n) is 5.40. The average molecular weight is 347 g/mol. The molecule has 1 aliphatic rings. The highest BCUT2D eigenvalue weighted by atomic mass is 16.5. The molecule has 1 fully saturated rings. The number of nitrogens with zero attached hydrogens (tertiary/aromatic N) is 3. The summed E-state index contributed by atoms with van der Waals surface area (Å²) >= 11 is 0. The molecule has 1 saturated heterocycles. The van der Waals surface area contributed by atoms with E-state index in [-0.39, 0.29) is 6.04 Å². The van der Waals surface area contributed by atoms with Gasteiger partial charge in [0.05, 0.1) is 6.04 Å². The Morgan fingerprint density at radius 2 is 1.65 bits per heavy atom. The Morgan fingerprint density at radius 1 is 1.00 bits per heavy atom. The summed E-state index contributed by atoms with van der Waals surface area (Å²) in [7, 11) is 0. The first-order valence-electron chi connectivity index (χ1n) is 9.46. The first-order valence-corrected chi connectivity index (χ1v) is 9.46. The fourth-order valence-corrected chi connectivity index (χ4v) is 3.76. The Labute approximate surface area is 154 Å². The summed E-state index contributed by atoms with van der Waals surface area (Å²) in [6.07, 6.45) is 3.62. The van der Waals surface area contributed by atoms with Crippen LogP contribution in [0.15, 0.2) is 65.2 Å². The fourth-order valence-electron chi connectivity index (χ4n) is 3.76. The molecule has 1 atom stereocenters. The molecule has 0 aliphatic carbocycles. The van der Waals surface area contributed by atoms with Crippen LogP contribution >= 0.6 is 0 Å². The minimum atomic E-state index is 0.164. The molecule has 4 heteroatoms. The van der Waals surface area contributed by atoms with Gasteiger partial charge in [0, 0.05) is 5.56 Å². The largest absolute Gasteiger partial charge is 0.337 e. The molecule has 0 N–H and O–H groups in total. The molecule has 4 rings (SSSR count). The van der Waals surface area contributed by atoms with E-state index in [1.54, 1.807) is 0 Å². The molecule has 4 nitrogen and oxygen atoms in total. The molecule has 2 heterocycles. The van der Waals surface area contributed by atoms with Crippen LogP contribution in [0.2, 0.25) is 0 Å². The lowest BCUT2D eigenvalue weighted by Crippen LogP contribution is -2.36. The molecule has 0 radical (unpaired) electrons. The Morgan fingerprint density at radius 3 is 2.35 bits per heavy atom. The molecule has 1 aliphatic heterocycles. The van der Waals surface area contributed by atoms with Crippen LogP contribution in [0.5, 0.6) is 0 Å². The fraction of sp³-hybridized carbons (Fsp3) is 0.364. The maximum Gasteiger partial charge on any atom is 0.244 e. The van der Waals surface area contributed by atoms with Gasteiger partial charge in [0.1, 0.15) is 0 Å². The first-order chi connectivity index (χ1) is 12.8. The monoisotopic (exact) mass is 347 g/mol. The predicted octanol–water partition coefficient (Wildman–Crippen LogP) is 4.75. The molecule has 3 aromatic rings. The summed E-state index contributed by atoms with van der Waals surface area (Å²) in [4.78, 5) is 7.09. The minimum Gasteiger partial charge on any atom is -0.337 e. The van der Waals surface area contributed by atoms with Gasteiger partial charge in [-0.25, -0.2) is 0 Å². The molecule has 1 aromatic heterocycles. The summed E-state index contributed by atoms with van der Waals surface area (Å²) in [6, 6.07) is 21.0. The van der Waals surface area contributed by atoms with Crippen molar-refractivity contribution < 1.29 is 4.52 Å². The zero-order chi connectivity index (χ0) is 17.8. The maximum atomic E-state index is 5.55. The number of aromatic nitrogens is 2. The van der Waals surface area contributed by atoms with Gasteiger partial charge in [0.25, 0.3) is 0 Å². The standard InChI is InChI=1S/C22H25N3O/c1-17(22-23-21(24-26-22)20-10-6-3-7-11-20)25-14-12-19(13-15-25)16-18-8-4-2-5-9-18/h2-11,17,19H,12-16H2,1H3. The number of piperidine rings is 1. The number of hydrogen-bond donors (Lipinski definition) is 0. The van der Waals surface area contributed by atoms with E-state index < -0.39 is 0 Å². The third kappa shape index (κ3) is 3.86. The Kier molecular flexibility index (Phi) is 5.12. The summed E-state index contributed by atoms with van der Waals surface area (Å²) in [5, 5.41) is 4.16. The van der Waals surface area contributed by atoms with Crippen molar-refractivity contribution in [2.24, 2.45) is 5.92 Å². The van der Waals surface area contributed by atoms with Gasteiger partial charge in [-0.15, -0.1) is 0 Å². The second kappa shape index (κ2) is 7.83. The van der Waals surface area contributed by atoms with Gasteiger partial charge in [0.2, 0.25) is 11.7 Å². The summed E-state index contributed by atoms with van der Waals surface area (Å²) in [5.41, 5.74) is 2.44. The van der Waals surface area contributed by atoms with Crippen molar-refractivity contribution in [1.82, 2.24) is 15.0 Å². The van der Waals surface area contributed by atoms with E-state index in [1.807, 2.05) is 30.3 Å². The normalized spacial score (nSPS) is 17.3. The molecule has 0 amide bonds. The van der Waals surface area contributed by atoms with Crippen LogP contribution in [0, 0.1) is 5.92 Å². The van der Waals surface area contributed by atoms with Gasteiger partial charge in [-0.2, -0.15) is 4.98 Å². The highest BCUT2D eigenvalue weighted by Crippen LogP contribution is 2.28. The predicted molar refractivity (Wildman–Crippen MR) is 103 cm³/mol. The van der Waals surface area contributed by atoms with Crippen LogP contribution in [0.4, 0.5) is 0 Å². The second-order valence-electron chi connectivity index (χ2n) is 7.17. The second-order valence-corrected chi connectivity index (χ2v) is 7.17. The SMILES string of the molecule is CC(c1nc(-c2ccccc2)no1)N1CCC(Cc2ccccc2)CC1. The van der Waals surface area contributed by atoms with Crippen LogP contribution in [-0.4, -0.2) is 28.1 Å². The van der Waals surface area contributed by atoms with Crippen molar-refractivity contribution in [3.05, 3.63) is 72.1 Å². The van der Waals surface area contributed by atoms with E-state index in [0.29, 0.717) is 11.7 Å². The zero-order valence-corrected chi connectivity index (χ0v) is 15.2. The molecule has 1 unspecified atom stereocenters. The number of hydrogen-bond acceptors (Lipinski definition) is 4. The van der Waals surface area contributed by atoms with Crippen LogP contribution < -0.4 is 0 Å². The quantitative estimate of drug-likeness (QED) is 0.668. The lowest BCUT2D eigenvalue weighted by Gasteiger charge is -2.34. The van der Waals surface area contributed by atoms with Crippen LogP contribution in [0.25, 0.3) is 11.4 Å². The van der Waals surface area contributed by atoms with E-state index in [4.69, 9.17) is 4.52 Å². The number of likely N-dealkylation sites (tertiary alicyclic amines) is 1. The van der Waals surface area contributed by atoms with Gasteiger partial charge in [0.15, 0.2) is 0 Å². The lowest BCUT2D eigenvalue weighted by molar-refractivity contribution is 0.119. The summed E-state index contributed by atoms with van der Waals surface area (Å²) in [6.45, 7) is 4.34. The highest BCUT2D eigenvalue weighted by molar-refractivity contribution is 5.53. The van der Waals surface area contributed by atoms with Crippen molar-refractivity contribution in [2.75, 3.05) is 13.1 Å². The van der Waals surface area contributed by atoms with E-state index in [2.05, 4.69) is 52.3 Å². The van der Waals surface area contributed by atoms with Crippen molar-refractivity contribution in [3.63, 3.8) is 0 Å². The zero-order valence-electron chi connectivity index (χ0n) is 15.2. The molecular weight excluding hydrogens is 322 g/mol. The maximum absolute atomic E-state index is 5.55. The minimum absolute atomic E-state index is 0.164.